The van der Waals surface area contributed by atoms with Crippen LogP contribution in [0.3, 0.4) is 0 Å². The van der Waals surface area contributed by atoms with Crippen LogP contribution in [0.2, 0.25) is 0 Å². The van der Waals surface area contributed by atoms with E-state index in [1.807, 2.05) is 13.1 Å². The molecule has 7 nitrogen and oxygen atoms in total. The first-order chi connectivity index (χ1) is 14.0. The number of amides is 1. The number of aryl methyl sites for hydroxylation is 2. The first-order valence-electron chi connectivity index (χ1n) is 10.4. The second-order valence-electron chi connectivity index (χ2n) is 8.32. The fourth-order valence-electron chi connectivity index (χ4n) is 3.99. The van der Waals surface area contributed by atoms with Gasteiger partial charge in [-0.25, -0.2) is 0 Å². The molecule has 4 rings (SSSR count). The number of rotatable bonds is 6. The number of hydrogen-bond acceptors (Lipinski definition) is 6. The predicted molar refractivity (Wildman–Crippen MR) is 108 cm³/mol. The van der Waals surface area contributed by atoms with Gasteiger partial charge >= 0.3 is 0 Å². The summed E-state index contributed by atoms with van der Waals surface area (Å²) in [7, 11) is 2.03. The lowest BCUT2D eigenvalue weighted by Gasteiger charge is -2.36. The van der Waals surface area contributed by atoms with Crippen molar-refractivity contribution in [1.82, 2.24) is 15.4 Å². The van der Waals surface area contributed by atoms with Crippen LogP contribution in [0.15, 0.2) is 28.8 Å². The monoisotopic (exact) mass is 399 g/mol. The van der Waals surface area contributed by atoms with E-state index < -0.39 is 5.60 Å². The van der Waals surface area contributed by atoms with Gasteiger partial charge in [0.25, 0.3) is 5.91 Å². The summed E-state index contributed by atoms with van der Waals surface area (Å²) in [5.41, 5.74) is 2.11. The maximum Gasteiger partial charge on any atom is 0.273 e. The van der Waals surface area contributed by atoms with Crippen LogP contribution in [0, 0.1) is 0 Å². The Labute approximate surface area is 171 Å². The van der Waals surface area contributed by atoms with Crippen molar-refractivity contribution in [1.29, 1.82) is 0 Å². The van der Waals surface area contributed by atoms with Crippen LogP contribution in [-0.2, 0) is 19.4 Å². The van der Waals surface area contributed by atoms with Gasteiger partial charge in [-0.3, -0.25) is 4.79 Å². The van der Waals surface area contributed by atoms with Crippen LogP contribution in [0.4, 0.5) is 0 Å². The summed E-state index contributed by atoms with van der Waals surface area (Å²) in [5, 5.41) is 17.2. The van der Waals surface area contributed by atoms with Crippen LogP contribution in [-0.4, -0.2) is 53.4 Å². The molecule has 0 bridgehead atoms. The summed E-state index contributed by atoms with van der Waals surface area (Å²) < 4.78 is 11.1. The third kappa shape index (κ3) is 4.97. The number of aromatic nitrogens is 1. The average molecular weight is 399 g/mol. The first-order valence-corrected chi connectivity index (χ1v) is 10.4. The Bertz CT molecular complexity index is 855. The summed E-state index contributed by atoms with van der Waals surface area (Å²) in [6.45, 7) is 2.07. The molecule has 2 aromatic rings. The maximum absolute atomic E-state index is 12.3. The van der Waals surface area contributed by atoms with E-state index in [1.165, 1.54) is 24.0 Å². The van der Waals surface area contributed by atoms with Gasteiger partial charge in [-0.05, 0) is 68.8 Å². The van der Waals surface area contributed by atoms with Crippen LogP contribution in [0.1, 0.15) is 53.1 Å². The zero-order chi connectivity index (χ0) is 20.3. The maximum atomic E-state index is 12.3. The molecule has 1 fully saturated rings. The molecule has 0 spiro atoms. The molecule has 2 aliphatic rings. The Kier molecular flexibility index (Phi) is 5.87. The number of carbonyl (C=O) groups excluding carboxylic acids is 1. The van der Waals surface area contributed by atoms with Crippen molar-refractivity contribution in [3.63, 3.8) is 0 Å². The minimum Gasteiger partial charge on any atom is -0.486 e. The number of nitrogens with zero attached hydrogens (tertiary/aromatic N) is 2. The van der Waals surface area contributed by atoms with E-state index in [1.54, 1.807) is 6.07 Å². The number of benzene rings is 1. The number of likely N-dealkylation sites (tertiary alicyclic amines) is 1. The van der Waals surface area contributed by atoms with Crippen molar-refractivity contribution in [3.05, 3.63) is 46.8 Å². The lowest BCUT2D eigenvalue weighted by molar-refractivity contribution is -0.0135. The highest BCUT2D eigenvalue weighted by Crippen LogP contribution is 2.26. The molecule has 1 aliphatic carbocycles. The van der Waals surface area contributed by atoms with Crippen LogP contribution >= 0.6 is 0 Å². The zero-order valence-corrected chi connectivity index (χ0v) is 16.9. The van der Waals surface area contributed by atoms with Gasteiger partial charge in [0.1, 0.15) is 12.4 Å². The third-order valence-corrected chi connectivity index (χ3v) is 5.99. The molecule has 2 N–H and O–H groups in total. The molecule has 0 radical (unpaired) electrons. The standard InChI is InChI=1S/C22H29N3O4/c1-25-10-8-22(27,9-11-25)15-23-21(26)20-13-19(29-24-20)14-28-18-7-6-16-4-2-3-5-17(16)12-18/h6-7,12-13,27H,2-5,8-11,14-15H2,1H3,(H,23,26). The first kappa shape index (κ1) is 19.9. The molecule has 0 saturated carbocycles. The summed E-state index contributed by atoms with van der Waals surface area (Å²) in [4.78, 5) is 14.5. The highest BCUT2D eigenvalue weighted by molar-refractivity contribution is 5.92. The number of nitrogens with one attached hydrogen (secondary N) is 1. The Hall–Kier alpha value is -2.38. The van der Waals surface area contributed by atoms with E-state index in [-0.39, 0.29) is 24.8 Å². The van der Waals surface area contributed by atoms with Gasteiger partial charge < -0.3 is 24.6 Å². The van der Waals surface area contributed by atoms with E-state index in [2.05, 4.69) is 27.5 Å². The molecule has 1 aliphatic heterocycles. The van der Waals surface area contributed by atoms with Gasteiger partial charge in [-0.15, -0.1) is 0 Å². The summed E-state index contributed by atoms with van der Waals surface area (Å²) in [5.74, 6) is 0.949. The van der Waals surface area contributed by atoms with E-state index in [0.717, 1.165) is 31.7 Å². The van der Waals surface area contributed by atoms with Gasteiger partial charge in [0.2, 0.25) is 0 Å². The molecule has 7 heteroatoms. The van der Waals surface area contributed by atoms with E-state index in [4.69, 9.17) is 9.26 Å². The number of piperidine rings is 1. The predicted octanol–water partition coefficient (Wildman–Crippen LogP) is 2.32. The quantitative estimate of drug-likeness (QED) is 0.775. The molecule has 2 heterocycles. The zero-order valence-electron chi connectivity index (χ0n) is 16.9. The van der Waals surface area contributed by atoms with Gasteiger partial charge in [0.15, 0.2) is 11.5 Å². The SMILES string of the molecule is CN1CCC(O)(CNC(=O)c2cc(COc3ccc4c(c3)CCCC4)on2)CC1. The molecule has 0 unspecified atom stereocenters. The summed E-state index contributed by atoms with van der Waals surface area (Å²) in [6.07, 6.45) is 6.00. The van der Waals surface area contributed by atoms with Crippen molar-refractivity contribution in [2.75, 3.05) is 26.7 Å². The Balaban J connectivity index is 1.28. The Morgan fingerprint density at radius 1 is 1.24 bits per heavy atom. The van der Waals surface area contributed by atoms with E-state index in [9.17, 15) is 9.90 Å². The topological polar surface area (TPSA) is 87.8 Å². The molecule has 29 heavy (non-hydrogen) atoms. The second-order valence-corrected chi connectivity index (χ2v) is 8.32. The lowest BCUT2D eigenvalue weighted by atomic mass is 9.91. The van der Waals surface area contributed by atoms with Crippen LogP contribution in [0.25, 0.3) is 0 Å². The summed E-state index contributed by atoms with van der Waals surface area (Å²) >= 11 is 0. The highest BCUT2D eigenvalue weighted by Gasteiger charge is 2.31. The van der Waals surface area contributed by atoms with Crippen molar-refractivity contribution >= 4 is 5.91 Å². The minimum absolute atomic E-state index is 0.200. The molecule has 0 atom stereocenters. The van der Waals surface area contributed by atoms with E-state index in [0.29, 0.717) is 18.6 Å². The molecule has 1 aromatic carbocycles. The summed E-state index contributed by atoms with van der Waals surface area (Å²) in [6, 6.07) is 7.81. The molecule has 156 valence electrons. The Morgan fingerprint density at radius 2 is 2.00 bits per heavy atom. The average Bonchev–Trinajstić information content (AvgIpc) is 3.22. The normalized spacial score (nSPS) is 18.8. The van der Waals surface area contributed by atoms with Gasteiger partial charge in [-0.1, -0.05) is 11.2 Å². The second kappa shape index (κ2) is 8.55. The molecule has 1 aromatic heterocycles. The van der Waals surface area contributed by atoms with Gasteiger partial charge in [0, 0.05) is 25.7 Å². The highest BCUT2D eigenvalue weighted by atomic mass is 16.5. The van der Waals surface area contributed by atoms with Gasteiger partial charge in [-0.2, -0.15) is 0 Å². The molecule has 1 amide bonds. The van der Waals surface area contributed by atoms with Crippen molar-refractivity contribution in [2.24, 2.45) is 0 Å². The fraction of sp³-hybridized carbons (Fsp3) is 0.545. The molecular formula is C22H29N3O4. The smallest absolute Gasteiger partial charge is 0.273 e. The molecule has 1 saturated heterocycles. The number of hydrogen-bond donors (Lipinski definition) is 2. The fourth-order valence-corrected chi connectivity index (χ4v) is 3.99. The van der Waals surface area contributed by atoms with E-state index >= 15 is 0 Å². The van der Waals surface area contributed by atoms with Crippen molar-refractivity contribution in [3.8, 4) is 5.75 Å². The van der Waals surface area contributed by atoms with Crippen molar-refractivity contribution < 1.29 is 19.2 Å². The number of ether oxygens (including phenoxy) is 1. The van der Waals surface area contributed by atoms with Crippen LogP contribution < -0.4 is 10.1 Å². The number of fused-ring (bicyclic) bond motifs is 1. The molecular weight excluding hydrogens is 370 g/mol. The third-order valence-electron chi connectivity index (χ3n) is 5.99. The number of aliphatic hydroxyl groups is 1. The number of carbonyl (C=O) groups is 1. The largest absolute Gasteiger partial charge is 0.486 e. The van der Waals surface area contributed by atoms with Gasteiger partial charge in [0.05, 0.1) is 5.60 Å². The lowest BCUT2D eigenvalue weighted by Crippen LogP contribution is -2.50. The Morgan fingerprint density at radius 3 is 2.79 bits per heavy atom. The van der Waals surface area contributed by atoms with Crippen LogP contribution in [0.5, 0.6) is 5.75 Å². The van der Waals surface area contributed by atoms with Crippen molar-refractivity contribution in [2.45, 2.75) is 50.7 Å². The minimum atomic E-state index is -0.857.